The van der Waals surface area contributed by atoms with Crippen LogP contribution in [-0.4, -0.2) is 16.8 Å². The summed E-state index contributed by atoms with van der Waals surface area (Å²) in [4.78, 5) is 28.0. The monoisotopic (exact) mass is 473 g/mol. The van der Waals surface area contributed by atoms with Crippen LogP contribution in [0.5, 0.6) is 0 Å². The number of carbonyl (C=O) groups excluding carboxylic acids is 2. The molecule has 1 atom stereocenters. The number of anilines is 1. The summed E-state index contributed by atoms with van der Waals surface area (Å²) in [5.74, 6) is -1.62. The van der Waals surface area contributed by atoms with Crippen LogP contribution in [0.15, 0.2) is 76.1 Å². The van der Waals surface area contributed by atoms with E-state index in [4.69, 9.17) is 11.6 Å². The molecule has 0 bridgehead atoms. The van der Waals surface area contributed by atoms with E-state index in [1.807, 2.05) is 17.5 Å². The van der Waals surface area contributed by atoms with Gasteiger partial charge in [0, 0.05) is 25.6 Å². The number of thiophene rings is 1. The molecule has 0 saturated carbocycles. The Labute approximate surface area is 178 Å². The highest BCUT2D eigenvalue weighted by molar-refractivity contribution is 9.10. The molecule has 4 rings (SSSR count). The smallest absolute Gasteiger partial charge is 0.300 e. The number of benzene rings is 2. The highest BCUT2D eigenvalue weighted by Crippen LogP contribution is 2.43. The van der Waals surface area contributed by atoms with Gasteiger partial charge in [-0.25, -0.2) is 0 Å². The van der Waals surface area contributed by atoms with Crippen LogP contribution in [0.4, 0.5) is 5.69 Å². The van der Waals surface area contributed by atoms with Crippen molar-refractivity contribution in [2.45, 2.75) is 6.04 Å². The van der Waals surface area contributed by atoms with E-state index >= 15 is 0 Å². The lowest BCUT2D eigenvalue weighted by Crippen LogP contribution is -2.29. The van der Waals surface area contributed by atoms with E-state index in [0.29, 0.717) is 16.3 Å². The van der Waals surface area contributed by atoms with Crippen molar-refractivity contribution >= 4 is 62.0 Å². The van der Waals surface area contributed by atoms with Gasteiger partial charge in [-0.15, -0.1) is 11.3 Å². The zero-order valence-corrected chi connectivity index (χ0v) is 17.5. The molecule has 2 heterocycles. The van der Waals surface area contributed by atoms with Crippen LogP contribution < -0.4 is 4.90 Å². The number of ketones is 1. The average Bonchev–Trinajstić information content (AvgIpc) is 3.29. The number of hydrogen-bond acceptors (Lipinski definition) is 4. The molecule has 1 aliphatic rings. The number of rotatable bonds is 3. The molecule has 1 amide bonds. The van der Waals surface area contributed by atoms with Gasteiger partial charge in [-0.1, -0.05) is 51.8 Å². The van der Waals surface area contributed by atoms with Crippen molar-refractivity contribution in [3.8, 4) is 0 Å². The minimum absolute atomic E-state index is 0.0646. The molecule has 0 spiro atoms. The van der Waals surface area contributed by atoms with Crippen LogP contribution in [-0.2, 0) is 9.59 Å². The number of halogens is 2. The molecule has 4 nitrogen and oxygen atoms in total. The maximum absolute atomic E-state index is 12.9. The molecule has 3 aromatic rings. The minimum Gasteiger partial charge on any atom is -0.507 e. The molecule has 1 fully saturated rings. The van der Waals surface area contributed by atoms with Crippen molar-refractivity contribution in [1.82, 2.24) is 0 Å². The van der Waals surface area contributed by atoms with Crippen LogP contribution in [0, 0.1) is 0 Å². The lowest BCUT2D eigenvalue weighted by atomic mass is 10.00. The third kappa shape index (κ3) is 3.28. The Kier molecular flexibility index (Phi) is 5.10. The van der Waals surface area contributed by atoms with Crippen molar-refractivity contribution < 1.29 is 14.7 Å². The van der Waals surface area contributed by atoms with Gasteiger partial charge in [-0.2, -0.15) is 0 Å². The summed E-state index contributed by atoms with van der Waals surface area (Å²) in [5.41, 5.74) is 1.03. The number of Topliss-reactive ketones (excluding diaryl/α,β-unsaturated/α-hetero) is 1. The molecule has 1 aromatic heterocycles. The molecule has 1 aliphatic heterocycles. The zero-order valence-electron chi connectivity index (χ0n) is 14.3. The van der Waals surface area contributed by atoms with Crippen molar-refractivity contribution in [2.75, 3.05) is 4.90 Å². The van der Waals surface area contributed by atoms with E-state index in [1.54, 1.807) is 48.5 Å². The second-order valence-electron chi connectivity index (χ2n) is 6.17. The van der Waals surface area contributed by atoms with Crippen LogP contribution in [0.25, 0.3) is 5.76 Å². The standard InChI is InChI=1S/C21H13BrClNO3S/c22-13-8-6-12(7-9-13)19(25)17-18(16-5-2-10-28-16)24(21(27)20(17)26)15-4-1-3-14(23)11-15/h1-11,18,25H/b19-17-. The first-order valence-corrected chi connectivity index (χ1v) is 10.4. The summed E-state index contributed by atoms with van der Waals surface area (Å²) in [6, 6.07) is 16.7. The van der Waals surface area contributed by atoms with Gasteiger partial charge in [0.15, 0.2) is 0 Å². The molecule has 1 N–H and O–H groups in total. The number of carbonyl (C=O) groups is 2. The predicted molar refractivity (Wildman–Crippen MR) is 115 cm³/mol. The molecule has 2 aromatic carbocycles. The fourth-order valence-electron chi connectivity index (χ4n) is 3.20. The van der Waals surface area contributed by atoms with Crippen LogP contribution in [0.3, 0.4) is 0 Å². The number of amides is 1. The van der Waals surface area contributed by atoms with Crippen LogP contribution in [0.2, 0.25) is 5.02 Å². The topological polar surface area (TPSA) is 57.6 Å². The quantitative estimate of drug-likeness (QED) is 0.297. The third-order valence-corrected chi connectivity index (χ3v) is 6.15. The Morgan fingerprint density at radius 1 is 1.07 bits per heavy atom. The van der Waals surface area contributed by atoms with Gasteiger partial charge in [-0.3, -0.25) is 14.5 Å². The van der Waals surface area contributed by atoms with Crippen molar-refractivity contribution in [1.29, 1.82) is 0 Å². The first-order valence-electron chi connectivity index (χ1n) is 8.33. The Morgan fingerprint density at radius 3 is 2.46 bits per heavy atom. The average molecular weight is 475 g/mol. The number of nitrogens with zero attached hydrogens (tertiary/aromatic N) is 1. The fourth-order valence-corrected chi connectivity index (χ4v) is 4.48. The normalized spacial score (nSPS) is 18.6. The highest BCUT2D eigenvalue weighted by atomic mass is 79.9. The minimum atomic E-state index is -0.723. The van der Waals surface area contributed by atoms with E-state index in [0.717, 1.165) is 9.35 Å². The lowest BCUT2D eigenvalue weighted by Gasteiger charge is -2.24. The molecule has 1 unspecified atom stereocenters. The Bertz CT molecular complexity index is 1090. The van der Waals surface area contributed by atoms with Gasteiger partial charge < -0.3 is 5.11 Å². The van der Waals surface area contributed by atoms with Gasteiger partial charge in [0.2, 0.25) is 0 Å². The van der Waals surface area contributed by atoms with Gasteiger partial charge in [0.05, 0.1) is 5.57 Å². The molecular formula is C21H13BrClNO3S. The first-order chi connectivity index (χ1) is 13.5. The van der Waals surface area contributed by atoms with E-state index in [-0.39, 0.29) is 11.3 Å². The van der Waals surface area contributed by atoms with E-state index in [2.05, 4.69) is 15.9 Å². The molecule has 7 heteroatoms. The largest absolute Gasteiger partial charge is 0.507 e. The number of hydrogen-bond donors (Lipinski definition) is 1. The van der Waals surface area contributed by atoms with Gasteiger partial charge in [0.1, 0.15) is 11.8 Å². The van der Waals surface area contributed by atoms with E-state index in [9.17, 15) is 14.7 Å². The maximum Gasteiger partial charge on any atom is 0.300 e. The highest BCUT2D eigenvalue weighted by Gasteiger charge is 2.47. The van der Waals surface area contributed by atoms with Gasteiger partial charge in [0.25, 0.3) is 11.7 Å². The molecule has 0 radical (unpaired) electrons. The summed E-state index contributed by atoms with van der Waals surface area (Å²) < 4.78 is 0.846. The third-order valence-electron chi connectivity index (χ3n) is 4.46. The van der Waals surface area contributed by atoms with Crippen LogP contribution >= 0.6 is 38.9 Å². The van der Waals surface area contributed by atoms with E-state index in [1.165, 1.54) is 16.2 Å². The Morgan fingerprint density at radius 2 is 1.82 bits per heavy atom. The summed E-state index contributed by atoms with van der Waals surface area (Å²) in [6.45, 7) is 0. The second-order valence-corrected chi connectivity index (χ2v) is 8.50. The predicted octanol–water partition coefficient (Wildman–Crippen LogP) is 5.79. The molecule has 140 valence electrons. The molecule has 1 saturated heterocycles. The number of aliphatic hydroxyl groups excluding tert-OH is 1. The summed E-state index contributed by atoms with van der Waals surface area (Å²) in [5, 5.41) is 13.3. The Balaban J connectivity index is 1.93. The second kappa shape index (κ2) is 7.54. The van der Waals surface area contributed by atoms with Crippen molar-refractivity contribution in [3.05, 3.63) is 91.6 Å². The Hall–Kier alpha value is -2.41. The molecular weight excluding hydrogens is 462 g/mol. The maximum atomic E-state index is 12.9. The van der Waals surface area contributed by atoms with Crippen molar-refractivity contribution in [3.63, 3.8) is 0 Å². The summed E-state index contributed by atoms with van der Waals surface area (Å²) >= 11 is 10.9. The van der Waals surface area contributed by atoms with Gasteiger partial charge >= 0.3 is 0 Å². The summed E-state index contributed by atoms with van der Waals surface area (Å²) in [6.07, 6.45) is 0. The summed E-state index contributed by atoms with van der Waals surface area (Å²) in [7, 11) is 0. The van der Waals surface area contributed by atoms with Gasteiger partial charge in [-0.05, 0) is 41.8 Å². The van der Waals surface area contributed by atoms with Crippen molar-refractivity contribution in [2.24, 2.45) is 0 Å². The first kappa shape index (κ1) is 18.9. The van der Waals surface area contributed by atoms with E-state index < -0.39 is 17.7 Å². The SMILES string of the molecule is O=C1C(=O)N(c2cccc(Cl)c2)C(c2cccs2)/C1=C(/O)c1ccc(Br)cc1. The number of aliphatic hydroxyl groups is 1. The lowest BCUT2D eigenvalue weighted by molar-refractivity contribution is -0.132. The molecule has 0 aliphatic carbocycles. The molecule has 28 heavy (non-hydrogen) atoms. The zero-order chi connectivity index (χ0) is 19.8. The van der Waals surface area contributed by atoms with Crippen LogP contribution in [0.1, 0.15) is 16.5 Å². The fraction of sp³-hybridized carbons (Fsp3) is 0.0476.